The molecule has 0 saturated heterocycles. The molecular formula is C11H19N. The third kappa shape index (κ3) is 2.72. The van der Waals surface area contributed by atoms with Gasteiger partial charge >= 0.3 is 0 Å². The fourth-order valence-electron chi connectivity index (χ4n) is 1.42. The van der Waals surface area contributed by atoms with Crippen molar-refractivity contribution in [3.63, 3.8) is 0 Å². The van der Waals surface area contributed by atoms with Crippen molar-refractivity contribution in [2.75, 3.05) is 0 Å². The van der Waals surface area contributed by atoms with Crippen molar-refractivity contribution in [3.8, 4) is 0 Å². The van der Waals surface area contributed by atoms with Crippen molar-refractivity contribution < 1.29 is 0 Å². The molecule has 1 aromatic heterocycles. The van der Waals surface area contributed by atoms with Gasteiger partial charge in [0.05, 0.1) is 0 Å². The van der Waals surface area contributed by atoms with Crippen molar-refractivity contribution >= 4 is 0 Å². The molecular weight excluding hydrogens is 146 g/mol. The van der Waals surface area contributed by atoms with Gasteiger partial charge in [-0.05, 0) is 37.8 Å². The van der Waals surface area contributed by atoms with Crippen molar-refractivity contribution in [1.82, 2.24) is 4.57 Å². The van der Waals surface area contributed by atoms with Gasteiger partial charge in [-0.3, -0.25) is 0 Å². The highest BCUT2D eigenvalue weighted by Gasteiger charge is 1.96. The molecule has 0 saturated carbocycles. The second kappa shape index (κ2) is 4.34. The zero-order valence-electron chi connectivity index (χ0n) is 8.38. The summed E-state index contributed by atoms with van der Waals surface area (Å²) < 4.78 is 2.32. The Kier molecular flexibility index (Phi) is 3.39. The van der Waals surface area contributed by atoms with Crippen LogP contribution in [0.4, 0.5) is 0 Å². The Balaban J connectivity index is 2.29. The van der Waals surface area contributed by atoms with Crippen LogP contribution >= 0.6 is 0 Å². The maximum absolute atomic E-state index is 2.32. The lowest BCUT2D eigenvalue weighted by molar-refractivity contribution is 0.509. The summed E-state index contributed by atoms with van der Waals surface area (Å²) in [6.45, 7) is 7.90. The zero-order valence-corrected chi connectivity index (χ0v) is 8.38. The highest BCUT2D eigenvalue weighted by molar-refractivity contribution is 5.03. The first-order chi connectivity index (χ1) is 5.70. The summed E-state index contributed by atoms with van der Waals surface area (Å²) in [5.41, 5.74) is 1.37. The molecule has 12 heavy (non-hydrogen) atoms. The Bertz CT molecular complexity index is 223. The summed E-state index contributed by atoms with van der Waals surface area (Å²) >= 11 is 0. The fourth-order valence-corrected chi connectivity index (χ4v) is 1.42. The molecule has 0 N–H and O–H groups in total. The topological polar surface area (TPSA) is 4.93 Å². The van der Waals surface area contributed by atoms with E-state index in [2.05, 4.69) is 43.7 Å². The Labute approximate surface area is 75.4 Å². The van der Waals surface area contributed by atoms with Crippen LogP contribution < -0.4 is 0 Å². The Morgan fingerprint density at radius 2 is 2.17 bits per heavy atom. The molecule has 68 valence electrons. The van der Waals surface area contributed by atoms with E-state index < -0.39 is 0 Å². The van der Waals surface area contributed by atoms with Gasteiger partial charge in [0.2, 0.25) is 0 Å². The van der Waals surface area contributed by atoms with E-state index in [1.807, 2.05) is 0 Å². The zero-order chi connectivity index (χ0) is 8.97. The minimum absolute atomic E-state index is 0.834. The van der Waals surface area contributed by atoms with E-state index in [0.29, 0.717) is 0 Å². The second-order valence-corrected chi connectivity index (χ2v) is 3.88. The molecule has 0 aliphatic heterocycles. The molecule has 0 amide bonds. The molecule has 1 heterocycles. The van der Waals surface area contributed by atoms with E-state index in [0.717, 1.165) is 5.92 Å². The Morgan fingerprint density at radius 1 is 1.42 bits per heavy atom. The average molecular weight is 165 g/mol. The van der Waals surface area contributed by atoms with Crippen molar-refractivity contribution in [1.29, 1.82) is 0 Å². The largest absolute Gasteiger partial charge is 0.352 e. The molecule has 0 unspecified atom stereocenters. The summed E-state index contributed by atoms with van der Waals surface area (Å²) in [7, 11) is 0. The average Bonchev–Trinajstić information content (AvgIpc) is 2.36. The first-order valence-electron chi connectivity index (χ1n) is 4.82. The number of aryl methyl sites for hydroxylation is 2. The molecule has 0 spiro atoms. The minimum atomic E-state index is 0.834. The van der Waals surface area contributed by atoms with Crippen LogP contribution in [-0.2, 0) is 6.54 Å². The summed E-state index contributed by atoms with van der Waals surface area (Å²) in [6, 6.07) is 4.28. The van der Waals surface area contributed by atoms with Gasteiger partial charge in [0.15, 0.2) is 0 Å². The normalized spacial score (nSPS) is 11.0. The Morgan fingerprint density at radius 3 is 2.67 bits per heavy atom. The van der Waals surface area contributed by atoms with Gasteiger partial charge in [-0.15, -0.1) is 0 Å². The van der Waals surface area contributed by atoms with Crippen LogP contribution in [-0.4, -0.2) is 4.57 Å². The van der Waals surface area contributed by atoms with Gasteiger partial charge in [0, 0.05) is 18.4 Å². The lowest BCUT2D eigenvalue weighted by Gasteiger charge is -2.07. The van der Waals surface area contributed by atoms with E-state index in [-0.39, 0.29) is 0 Å². The molecule has 0 aliphatic carbocycles. The van der Waals surface area contributed by atoms with Crippen molar-refractivity contribution in [3.05, 3.63) is 24.0 Å². The lowest BCUT2D eigenvalue weighted by atomic mass is 10.1. The van der Waals surface area contributed by atoms with Crippen molar-refractivity contribution in [2.24, 2.45) is 5.92 Å². The summed E-state index contributed by atoms with van der Waals surface area (Å²) in [4.78, 5) is 0. The van der Waals surface area contributed by atoms with Gasteiger partial charge in [-0.1, -0.05) is 13.8 Å². The van der Waals surface area contributed by atoms with E-state index in [1.54, 1.807) is 0 Å². The second-order valence-electron chi connectivity index (χ2n) is 3.88. The van der Waals surface area contributed by atoms with Crippen LogP contribution in [0.3, 0.4) is 0 Å². The molecule has 1 aromatic rings. The predicted molar refractivity (Wildman–Crippen MR) is 53.2 cm³/mol. The van der Waals surface area contributed by atoms with Gasteiger partial charge in [-0.2, -0.15) is 0 Å². The predicted octanol–water partition coefficient (Wildman–Crippen LogP) is 3.23. The Hall–Kier alpha value is -0.720. The van der Waals surface area contributed by atoms with E-state index in [4.69, 9.17) is 0 Å². The summed E-state index contributed by atoms with van der Waals surface area (Å²) in [6.07, 6.45) is 4.79. The maximum atomic E-state index is 2.32. The number of hydrogen-bond donors (Lipinski definition) is 0. The summed E-state index contributed by atoms with van der Waals surface area (Å²) in [5.74, 6) is 0.834. The minimum Gasteiger partial charge on any atom is -0.352 e. The SMILES string of the molecule is Cc1cccn1CCCC(C)C. The van der Waals surface area contributed by atoms with Crippen LogP contribution in [0.25, 0.3) is 0 Å². The molecule has 0 atom stereocenters. The van der Waals surface area contributed by atoms with E-state index >= 15 is 0 Å². The van der Waals surface area contributed by atoms with Crippen LogP contribution in [0.15, 0.2) is 18.3 Å². The molecule has 1 rings (SSSR count). The molecule has 1 heteroatoms. The number of hydrogen-bond acceptors (Lipinski definition) is 0. The lowest BCUT2D eigenvalue weighted by Crippen LogP contribution is -1.99. The highest BCUT2D eigenvalue weighted by Crippen LogP contribution is 2.07. The number of rotatable bonds is 4. The maximum Gasteiger partial charge on any atom is 0.0222 e. The van der Waals surface area contributed by atoms with Gasteiger partial charge in [0.25, 0.3) is 0 Å². The molecule has 0 bridgehead atoms. The fraction of sp³-hybridized carbons (Fsp3) is 0.636. The van der Waals surface area contributed by atoms with Crippen LogP contribution in [0.1, 0.15) is 32.4 Å². The number of nitrogens with zero attached hydrogens (tertiary/aromatic N) is 1. The standard InChI is InChI=1S/C11H19N/c1-10(2)6-4-8-12-9-5-7-11(12)3/h5,7,9-10H,4,6,8H2,1-3H3. The molecule has 1 nitrogen and oxygen atoms in total. The van der Waals surface area contributed by atoms with E-state index in [9.17, 15) is 0 Å². The van der Waals surface area contributed by atoms with Crippen LogP contribution in [0, 0.1) is 12.8 Å². The first-order valence-corrected chi connectivity index (χ1v) is 4.82. The summed E-state index contributed by atoms with van der Waals surface area (Å²) in [5, 5.41) is 0. The van der Waals surface area contributed by atoms with Gasteiger partial charge in [0.1, 0.15) is 0 Å². The highest BCUT2D eigenvalue weighted by atomic mass is 14.9. The molecule has 0 aliphatic rings. The van der Waals surface area contributed by atoms with E-state index in [1.165, 1.54) is 25.1 Å². The third-order valence-electron chi connectivity index (χ3n) is 2.24. The third-order valence-corrected chi connectivity index (χ3v) is 2.24. The van der Waals surface area contributed by atoms with Gasteiger partial charge < -0.3 is 4.57 Å². The smallest absolute Gasteiger partial charge is 0.0222 e. The van der Waals surface area contributed by atoms with Crippen LogP contribution in [0.5, 0.6) is 0 Å². The number of aromatic nitrogens is 1. The van der Waals surface area contributed by atoms with Gasteiger partial charge in [-0.25, -0.2) is 0 Å². The molecule has 0 fully saturated rings. The van der Waals surface area contributed by atoms with Crippen LogP contribution in [0.2, 0.25) is 0 Å². The van der Waals surface area contributed by atoms with Crippen molar-refractivity contribution in [2.45, 2.75) is 40.2 Å². The molecule has 0 aromatic carbocycles. The molecule has 0 radical (unpaired) electrons. The monoisotopic (exact) mass is 165 g/mol. The quantitative estimate of drug-likeness (QED) is 0.645. The first kappa shape index (κ1) is 9.37.